The number of benzene rings is 1. The van der Waals surface area contributed by atoms with Crippen LogP contribution in [-0.4, -0.2) is 23.6 Å². The lowest BCUT2D eigenvalue weighted by molar-refractivity contribution is 0.314. The number of amidine groups is 1. The van der Waals surface area contributed by atoms with Crippen molar-refractivity contribution in [3.63, 3.8) is 0 Å². The van der Waals surface area contributed by atoms with Gasteiger partial charge in [0, 0.05) is 24.2 Å². The second kappa shape index (κ2) is 4.65. The first-order valence-corrected chi connectivity index (χ1v) is 5.95. The molecule has 0 saturated heterocycles. The molecule has 3 N–H and O–H groups in total. The molecule has 0 aliphatic carbocycles. The van der Waals surface area contributed by atoms with Gasteiger partial charge in [-0.15, -0.1) is 0 Å². The van der Waals surface area contributed by atoms with Gasteiger partial charge in [-0.25, -0.2) is 0 Å². The second-order valence-corrected chi connectivity index (χ2v) is 4.76. The molecule has 2 atom stereocenters. The first-order chi connectivity index (χ1) is 8.13. The molecule has 0 saturated carbocycles. The Bertz CT molecular complexity index is 430. The van der Waals surface area contributed by atoms with Crippen LogP contribution in [0.15, 0.2) is 29.4 Å². The Morgan fingerprint density at radius 1 is 1.59 bits per heavy atom. The Hall–Kier alpha value is -1.71. The predicted octanol–water partition coefficient (Wildman–Crippen LogP) is 1.82. The van der Waals surface area contributed by atoms with E-state index in [2.05, 4.69) is 41.2 Å². The second-order valence-electron chi connectivity index (χ2n) is 4.76. The molecule has 0 amide bonds. The number of para-hydroxylation sites is 1. The number of anilines is 1. The molecule has 1 aromatic rings. The molecule has 1 aliphatic rings. The maximum absolute atomic E-state index is 8.68. The van der Waals surface area contributed by atoms with E-state index in [1.54, 1.807) is 0 Å². The molecule has 0 spiro atoms. The molecule has 0 aromatic heterocycles. The number of oxime groups is 1. The topological polar surface area (TPSA) is 61.8 Å². The molecule has 2 unspecified atom stereocenters. The van der Waals surface area contributed by atoms with E-state index in [1.165, 1.54) is 11.3 Å². The summed E-state index contributed by atoms with van der Waals surface area (Å²) in [5.74, 6) is 0.343. The molecule has 1 aromatic carbocycles. The highest BCUT2D eigenvalue weighted by atomic mass is 16.4. The van der Waals surface area contributed by atoms with E-state index >= 15 is 0 Å². The highest BCUT2D eigenvalue weighted by molar-refractivity contribution is 5.82. The summed E-state index contributed by atoms with van der Waals surface area (Å²) in [7, 11) is 0. The van der Waals surface area contributed by atoms with Gasteiger partial charge in [0.1, 0.15) is 5.84 Å². The minimum atomic E-state index is 0.0496. The van der Waals surface area contributed by atoms with E-state index in [1.807, 2.05) is 6.92 Å². The Balaban J connectivity index is 2.17. The molecule has 0 bridgehead atoms. The first-order valence-electron chi connectivity index (χ1n) is 5.95. The summed E-state index contributed by atoms with van der Waals surface area (Å²) in [6.07, 6.45) is 1.07. The third-order valence-electron chi connectivity index (χ3n) is 3.44. The summed E-state index contributed by atoms with van der Waals surface area (Å²) in [4.78, 5) is 2.33. The van der Waals surface area contributed by atoms with Crippen LogP contribution in [0.25, 0.3) is 0 Å². The van der Waals surface area contributed by atoms with Crippen LogP contribution in [0.5, 0.6) is 0 Å². The largest absolute Gasteiger partial charge is 0.409 e. The summed E-state index contributed by atoms with van der Waals surface area (Å²) in [6, 6.07) is 8.90. The minimum Gasteiger partial charge on any atom is -0.409 e. The smallest absolute Gasteiger partial charge is 0.143 e. The molecule has 0 radical (unpaired) electrons. The van der Waals surface area contributed by atoms with Crippen molar-refractivity contribution >= 4 is 11.5 Å². The van der Waals surface area contributed by atoms with E-state index in [0.29, 0.717) is 11.9 Å². The minimum absolute atomic E-state index is 0.0496. The molecule has 1 heterocycles. The van der Waals surface area contributed by atoms with Crippen molar-refractivity contribution in [3.05, 3.63) is 29.8 Å². The third-order valence-corrected chi connectivity index (χ3v) is 3.44. The molecule has 92 valence electrons. The molecule has 4 heteroatoms. The number of rotatable bonds is 3. The fourth-order valence-electron chi connectivity index (χ4n) is 2.39. The van der Waals surface area contributed by atoms with Gasteiger partial charge in [0.25, 0.3) is 0 Å². The number of nitrogens with zero attached hydrogens (tertiary/aromatic N) is 2. The summed E-state index contributed by atoms with van der Waals surface area (Å²) in [5, 5.41) is 11.8. The van der Waals surface area contributed by atoms with E-state index in [9.17, 15) is 0 Å². The van der Waals surface area contributed by atoms with Gasteiger partial charge in [-0.05, 0) is 25.0 Å². The lowest BCUT2D eigenvalue weighted by Gasteiger charge is -2.27. The van der Waals surface area contributed by atoms with Gasteiger partial charge in [0.15, 0.2) is 0 Å². The van der Waals surface area contributed by atoms with Crippen LogP contribution >= 0.6 is 0 Å². The van der Waals surface area contributed by atoms with Gasteiger partial charge < -0.3 is 15.8 Å². The zero-order valence-electron chi connectivity index (χ0n) is 10.3. The normalized spacial score (nSPS) is 21.4. The standard InChI is InChI=1S/C13H19N3O/c1-9(13(14)15-17)8-16-10(2)7-11-5-3-4-6-12(11)16/h3-6,9-10,17H,7-8H2,1-2H3,(H2,14,15). The van der Waals surface area contributed by atoms with Crippen molar-refractivity contribution in [1.82, 2.24) is 0 Å². The molecular weight excluding hydrogens is 214 g/mol. The Kier molecular flexibility index (Phi) is 3.22. The van der Waals surface area contributed by atoms with Gasteiger partial charge in [0.05, 0.1) is 0 Å². The van der Waals surface area contributed by atoms with Crippen LogP contribution < -0.4 is 10.6 Å². The van der Waals surface area contributed by atoms with Crippen molar-refractivity contribution in [2.45, 2.75) is 26.3 Å². The number of fused-ring (bicyclic) bond motifs is 1. The van der Waals surface area contributed by atoms with Gasteiger partial charge in [-0.3, -0.25) is 0 Å². The van der Waals surface area contributed by atoms with Crippen LogP contribution in [0.4, 0.5) is 5.69 Å². The summed E-state index contributed by atoms with van der Waals surface area (Å²) in [6.45, 7) is 4.97. The predicted molar refractivity (Wildman–Crippen MR) is 69.5 cm³/mol. The van der Waals surface area contributed by atoms with Crippen molar-refractivity contribution in [2.75, 3.05) is 11.4 Å². The SMILES string of the molecule is CC(CN1c2ccccc2CC1C)/C(N)=N/O. The van der Waals surface area contributed by atoms with Crippen molar-refractivity contribution in [3.8, 4) is 0 Å². The van der Waals surface area contributed by atoms with E-state index in [4.69, 9.17) is 10.9 Å². The lowest BCUT2D eigenvalue weighted by Crippen LogP contribution is -2.38. The van der Waals surface area contributed by atoms with Gasteiger partial charge in [-0.2, -0.15) is 0 Å². The fraction of sp³-hybridized carbons (Fsp3) is 0.462. The Morgan fingerprint density at radius 2 is 2.29 bits per heavy atom. The van der Waals surface area contributed by atoms with Gasteiger partial charge in [0.2, 0.25) is 0 Å². The Morgan fingerprint density at radius 3 is 3.00 bits per heavy atom. The zero-order chi connectivity index (χ0) is 12.4. The van der Waals surface area contributed by atoms with Gasteiger partial charge >= 0.3 is 0 Å². The maximum Gasteiger partial charge on any atom is 0.143 e. The fourth-order valence-corrected chi connectivity index (χ4v) is 2.39. The molecule has 2 rings (SSSR count). The first kappa shape index (κ1) is 11.8. The monoisotopic (exact) mass is 233 g/mol. The lowest BCUT2D eigenvalue weighted by atomic mass is 10.1. The highest BCUT2D eigenvalue weighted by Gasteiger charge is 2.27. The average Bonchev–Trinajstić information content (AvgIpc) is 2.65. The van der Waals surface area contributed by atoms with E-state index in [-0.39, 0.29) is 5.92 Å². The van der Waals surface area contributed by atoms with Crippen LogP contribution in [0.3, 0.4) is 0 Å². The molecule has 17 heavy (non-hydrogen) atoms. The number of hydrogen-bond acceptors (Lipinski definition) is 3. The zero-order valence-corrected chi connectivity index (χ0v) is 10.3. The van der Waals surface area contributed by atoms with E-state index in [0.717, 1.165) is 13.0 Å². The summed E-state index contributed by atoms with van der Waals surface area (Å²) in [5.41, 5.74) is 8.29. The highest BCUT2D eigenvalue weighted by Crippen LogP contribution is 2.32. The molecule has 1 aliphatic heterocycles. The van der Waals surface area contributed by atoms with Crippen molar-refractivity contribution in [2.24, 2.45) is 16.8 Å². The summed E-state index contributed by atoms with van der Waals surface area (Å²) >= 11 is 0. The molecule has 0 fully saturated rings. The number of hydrogen-bond donors (Lipinski definition) is 2. The molecule has 4 nitrogen and oxygen atoms in total. The van der Waals surface area contributed by atoms with Crippen LogP contribution in [0.2, 0.25) is 0 Å². The third kappa shape index (κ3) is 2.20. The average molecular weight is 233 g/mol. The Labute approximate surface area is 102 Å². The number of nitrogens with two attached hydrogens (primary N) is 1. The quantitative estimate of drug-likeness (QED) is 0.362. The summed E-state index contributed by atoms with van der Waals surface area (Å²) < 4.78 is 0. The van der Waals surface area contributed by atoms with Crippen LogP contribution in [-0.2, 0) is 6.42 Å². The molecular formula is C13H19N3O. The van der Waals surface area contributed by atoms with Gasteiger partial charge in [-0.1, -0.05) is 30.3 Å². The van der Waals surface area contributed by atoms with Crippen molar-refractivity contribution < 1.29 is 5.21 Å². The maximum atomic E-state index is 8.68. The van der Waals surface area contributed by atoms with Crippen LogP contribution in [0, 0.1) is 5.92 Å². The van der Waals surface area contributed by atoms with Crippen LogP contribution in [0.1, 0.15) is 19.4 Å². The van der Waals surface area contributed by atoms with Crippen molar-refractivity contribution in [1.29, 1.82) is 0 Å². The van der Waals surface area contributed by atoms with E-state index < -0.39 is 0 Å².